The fraction of sp³-hybridized carbons (Fsp3) is 0.273. The molecule has 1 atom stereocenters. The first-order valence-electron chi connectivity index (χ1n) is 9.03. The van der Waals surface area contributed by atoms with Crippen molar-refractivity contribution >= 4 is 34.3 Å². The zero-order chi connectivity index (χ0) is 19.3. The maximum atomic E-state index is 13.7. The molecule has 0 spiro atoms. The van der Waals surface area contributed by atoms with Crippen LogP contribution in [0.15, 0.2) is 36.4 Å². The van der Waals surface area contributed by atoms with Gasteiger partial charge >= 0.3 is 0 Å². The minimum atomic E-state index is -0.834. The average molecular weight is 387 g/mol. The largest absolute Gasteiger partial charge is 0.318 e. The summed E-state index contributed by atoms with van der Waals surface area (Å²) in [5, 5.41) is 1.88. The first-order valence-corrected chi connectivity index (χ1v) is 9.41. The number of aromatic nitrogens is 1. The molecule has 0 amide bonds. The number of halogens is 3. The van der Waals surface area contributed by atoms with Crippen LogP contribution in [0.3, 0.4) is 0 Å². The monoisotopic (exact) mass is 386 g/mol. The van der Waals surface area contributed by atoms with Crippen LogP contribution in [-0.2, 0) is 6.42 Å². The highest BCUT2D eigenvalue weighted by Crippen LogP contribution is 2.38. The molecule has 5 heteroatoms. The molecule has 0 saturated carbocycles. The predicted molar refractivity (Wildman–Crippen MR) is 108 cm³/mol. The summed E-state index contributed by atoms with van der Waals surface area (Å²) in [6, 6.07) is 10.2. The molecule has 0 aliphatic carbocycles. The standard InChI is InChI=1S/C22H21ClF2N2/c1-13(15-4-6-19(24)20(25)10-15)12-27-21-7-5-16(23)11-18(21)17-8-9-26(3)14(2)22(17)27/h4-7,10-12,14H,8-9H2,1-3H3. The van der Waals surface area contributed by atoms with Crippen LogP contribution in [0, 0.1) is 11.6 Å². The number of hydrogen-bond acceptors (Lipinski definition) is 1. The molecule has 27 heavy (non-hydrogen) atoms. The SMILES string of the molecule is CC(=Cn1c2c(c3cc(Cl)ccc31)CCN(C)C2C)c1ccc(F)c(F)c1. The molecule has 0 fully saturated rings. The second-order valence-electron chi connectivity index (χ2n) is 7.24. The summed E-state index contributed by atoms with van der Waals surface area (Å²) in [6.45, 7) is 5.10. The summed E-state index contributed by atoms with van der Waals surface area (Å²) < 4.78 is 29.1. The number of hydrogen-bond donors (Lipinski definition) is 0. The Morgan fingerprint density at radius 2 is 1.93 bits per heavy atom. The number of nitrogens with zero attached hydrogens (tertiary/aromatic N) is 2. The van der Waals surface area contributed by atoms with Gasteiger partial charge in [-0.15, -0.1) is 0 Å². The van der Waals surface area contributed by atoms with Crippen molar-refractivity contribution in [1.29, 1.82) is 0 Å². The van der Waals surface area contributed by atoms with E-state index >= 15 is 0 Å². The van der Waals surface area contributed by atoms with Crippen molar-refractivity contribution in [1.82, 2.24) is 9.47 Å². The van der Waals surface area contributed by atoms with E-state index in [0.717, 1.165) is 34.5 Å². The van der Waals surface area contributed by atoms with E-state index in [-0.39, 0.29) is 6.04 Å². The van der Waals surface area contributed by atoms with Gasteiger partial charge in [-0.1, -0.05) is 17.7 Å². The molecule has 1 aromatic heterocycles. The Balaban J connectivity index is 1.94. The van der Waals surface area contributed by atoms with Crippen molar-refractivity contribution in [3.63, 3.8) is 0 Å². The van der Waals surface area contributed by atoms with E-state index in [2.05, 4.69) is 23.4 Å². The Bertz CT molecular complexity index is 1070. The predicted octanol–water partition coefficient (Wildman–Crippen LogP) is 6.14. The van der Waals surface area contributed by atoms with Gasteiger partial charge in [0.15, 0.2) is 11.6 Å². The maximum absolute atomic E-state index is 13.7. The normalized spacial score (nSPS) is 18.1. The van der Waals surface area contributed by atoms with Crippen LogP contribution in [-0.4, -0.2) is 23.1 Å². The van der Waals surface area contributed by atoms with Crippen molar-refractivity contribution in [2.45, 2.75) is 26.3 Å². The Kier molecular flexibility index (Phi) is 4.57. The highest BCUT2D eigenvalue weighted by Gasteiger charge is 2.27. The van der Waals surface area contributed by atoms with Crippen LogP contribution in [0.25, 0.3) is 22.7 Å². The third-order valence-corrected chi connectivity index (χ3v) is 5.82. The molecule has 2 nitrogen and oxygen atoms in total. The molecule has 4 rings (SSSR count). The van der Waals surface area contributed by atoms with Crippen LogP contribution in [0.2, 0.25) is 5.02 Å². The summed E-state index contributed by atoms with van der Waals surface area (Å²) in [5.41, 5.74) is 5.14. The van der Waals surface area contributed by atoms with Crippen molar-refractivity contribution in [2.24, 2.45) is 0 Å². The molecule has 1 aliphatic rings. The Labute approximate surface area is 162 Å². The van der Waals surface area contributed by atoms with Crippen molar-refractivity contribution < 1.29 is 8.78 Å². The van der Waals surface area contributed by atoms with Gasteiger partial charge in [0.1, 0.15) is 0 Å². The van der Waals surface area contributed by atoms with E-state index in [1.807, 2.05) is 31.3 Å². The van der Waals surface area contributed by atoms with Crippen molar-refractivity contribution in [3.05, 3.63) is 69.9 Å². The minimum Gasteiger partial charge on any atom is -0.318 e. The maximum Gasteiger partial charge on any atom is 0.159 e. The third-order valence-electron chi connectivity index (χ3n) is 5.58. The number of rotatable bonds is 2. The van der Waals surface area contributed by atoms with E-state index < -0.39 is 11.6 Å². The molecule has 3 aromatic rings. The van der Waals surface area contributed by atoms with Crippen LogP contribution in [0.4, 0.5) is 8.78 Å². The van der Waals surface area contributed by atoms with Gasteiger partial charge < -0.3 is 4.57 Å². The molecule has 2 heterocycles. The van der Waals surface area contributed by atoms with Gasteiger partial charge in [-0.3, -0.25) is 4.90 Å². The van der Waals surface area contributed by atoms with Gasteiger partial charge in [0, 0.05) is 34.9 Å². The fourth-order valence-electron chi connectivity index (χ4n) is 3.93. The fourth-order valence-corrected chi connectivity index (χ4v) is 4.10. The zero-order valence-electron chi connectivity index (χ0n) is 15.6. The van der Waals surface area contributed by atoms with Gasteiger partial charge in [0.2, 0.25) is 0 Å². The molecule has 0 N–H and O–H groups in total. The number of fused-ring (bicyclic) bond motifs is 3. The summed E-state index contributed by atoms with van der Waals surface area (Å²) in [4.78, 5) is 2.32. The lowest BCUT2D eigenvalue weighted by molar-refractivity contribution is 0.242. The third kappa shape index (κ3) is 3.07. The Morgan fingerprint density at radius 3 is 2.67 bits per heavy atom. The van der Waals surface area contributed by atoms with Gasteiger partial charge in [-0.2, -0.15) is 0 Å². The average Bonchev–Trinajstić information content (AvgIpc) is 2.94. The lowest BCUT2D eigenvalue weighted by Crippen LogP contribution is -2.31. The van der Waals surface area contributed by atoms with Crippen LogP contribution in [0.1, 0.15) is 36.7 Å². The quantitative estimate of drug-likeness (QED) is 0.513. The molecule has 0 saturated heterocycles. The molecule has 0 radical (unpaired) electrons. The molecular formula is C22H21ClF2N2. The minimum absolute atomic E-state index is 0.244. The van der Waals surface area contributed by atoms with Crippen LogP contribution in [0.5, 0.6) is 0 Å². The molecule has 1 unspecified atom stereocenters. The topological polar surface area (TPSA) is 8.17 Å². The Hall–Kier alpha value is -2.17. The van der Waals surface area contributed by atoms with E-state index in [0.29, 0.717) is 5.56 Å². The van der Waals surface area contributed by atoms with Crippen molar-refractivity contribution in [3.8, 4) is 0 Å². The highest BCUT2D eigenvalue weighted by atomic mass is 35.5. The molecular weight excluding hydrogens is 366 g/mol. The van der Waals surface area contributed by atoms with Crippen LogP contribution >= 0.6 is 11.6 Å². The zero-order valence-corrected chi connectivity index (χ0v) is 16.3. The first kappa shape index (κ1) is 18.2. The van der Waals surface area contributed by atoms with Crippen LogP contribution < -0.4 is 0 Å². The van der Waals surface area contributed by atoms with E-state index in [1.165, 1.54) is 23.4 Å². The number of likely N-dealkylation sites (N-methyl/N-ethyl adjacent to an activating group) is 1. The lowest BCUT2D eigenvalue weighted by Gasteiger charge is -2.31. The summed E-state index contributed by atoms with van der Waals surface area (Å²) in [6.07, 6.45) is 2.97. The number of benzene rings is 2. The highest BCUT2D eigenvalue weighted by molar-refractivity contribution is 6.31. The second kappa shape index (κ2) is 6.77. The van der Waals surface area contributed by atoms with E-state index in [4.69, 9.17) is 11.6 Å². The lowest BCUT2D eigenvalue weighted by atomic mass is 9.99. The van der Waals surface area contributed by atoms with E-state index in [9.17, 15) is 8.78 Å². The summed E-state index contributed by atoms with van der Waals surface area (Å²) in [5.74, 6) is -1.67. The van der Waals surface area contributed by atoms with E-state index in [1.54, 1.807) is 6.07 Å². The summed E-state index contributed by atoms with van der Waals surface area (Å²) in [7, 11) is 2.12. The molecule has 2 aromatic carbocycles. The number of allylic oxidation sites excluding steroid dienone is 1. The molecule has 0 bridgehead atoms. The van der Waals surface area contributed by atoms with Gasteiger partial charge in [-0.05, 0) is 74.3 Å². The first-order chi connectivity index (χ1) is 12.9. The second-order valence-corrected chi connectivity index (χ2v) is 7.68. The molecule has 1 aliphatic heterocycles. The van der Waals surface area contributed by atoms with Crippen molar-refractivity contribution in [2.75, 3.05) is 13.6 Å². The smallest absolute Gasteiger partial charge is 0.159 e. The van der Waals surface area contributed by atoms with Gasteiger partial charge in [0.25, 0.3) is 0 Å². The summed E-state index contributed by atoms with van der Waals surface area (Å²) >= 11 is 6.26. The van der Waals surface area contributed by atoms with Gasteiger partial charge in [-0.25, -0.2) is 8.78 Å². The van der Waals surface area contributed by atoms with Gasteiger partial charge in [0.05, 0.1) is 5.52 Å². The molecule has 140 valence electrons. The Morgan fingerprint density at radius 1 is 1.15 bits per heavy atom.